The second kappa shape index (κ2) is 6.98. The van der Waals surface area contributed by atoms with Crippen LogP contribution in [0.3, 0.4) is 0 Å². The summed E-state index contributed by atoms with van der Waals surface area (Å²) in [5.74, 6) is 0.481. The summed E-state index contributed by atoms with van der Waals surface area (Å²) >= 11 is 0. The summed E-state index contributed by atoms with van der Waals surface area (Å²) in [6.45, 7) is 4.91. The highest BCUT2D eigenvalue weighted by Crippen LogP contribution is 2.25. The Morgan fingerprint density at radius 2 is 2.04 bits per heavy atom. The number of amides is 1. The van der Waals surface area contributed by atoms with Gasteiger partial charge in [0.2, 0.25) is 5.88 Å². The third kappa shape index (κ3) is 3.19. The average Bonchev–Trinajstić information content (AvgIpc) is 3.21. The lowest BCUT2D eigenvalue weighted by molar-refractivity contribution is 0.0544. The molecule has 132 valence electrons. The number of benzene rings is 1. The van der Waals surface area contributed by atoms with E-state index in [4.69, 9.17) is 9.47 Å². The molecule has 4 rings (SSSR count). The van der Waals surface area contributed by atoms with E-state index in [1.54, 1.807) is 7.11 Å². The number of carbonyl (C=O) groups excluding carboxylic acids is 1. The van der Waals surface area contributed by atoms with Gasteiger partial charge in [-0.05, 0) is 23.9 Å². The van der Waals surface area contributed by atoms with Crippen LogP contribution in [-0.2, 0) is 4.74 Å². The lowest BCUT2D eigenvalue weighted by Gasteiger charge is -2.37. The molecule has 2 aliphatic rings. The van der Waals surface area contributed by atoms with Gasteiger partial charge in [-0.3, -0.25) is 9.69 Å². The van der Waals surface area contributed by atoms with Crippen LogP contribution in [0.4, 0.5) is 0 Å². The Balaban J connectivity index is 1.50. The minimum absolute atomic E-state index is 0.0219. The number of hydrogen-bond acceptors (Lipinski definition) is 5. The Hall–Kier alpha value is -2.18. The minimum Gasteiger partial charge on any atom is -0.481 e. The molecule has 0 radical (unpaired) electrons. The van der Waals surface area contributed by atoms with Crippen molar-refractivity contribution in [3.63, 3.8) is 0 Å². The van der Waals surface area contributed by atoms with Crippen molar-refractivity contribution < 1.29 is 14.3 Å². The van der Waals surface area contributed by atoms with E-state index < -0.39 is 0 Å². The van der Waals surface area contributed by atoms with Crippen LogP contribution in [0, 0.1) is 0 Å². The predicted molar refractivity (Wildman–Crippen MR) is 95.0 cm³/mol. The summed E-state index contributed by atoms with van der Waals surface area (Å²) < 4.78 is 10.9. The first-order valence-corrected chi connectivity index (χ1v) is 8.81. The van der Waals surface area contributed by atoms with Crippen molar-refractivity contribution in [1.82, 2.24) is 14.8 Å². The molecule has 1 aromatic heterocycles. The number of nitrogens with zero attached hydrogens (tertiary/aromatic N) is 3. The number of carbonyl (C=O) groups is 1. The summed E-state index contributed by atoms with van der Waals surface area (Å²) in [5, 5.41) is 1.90. The molecule has 2 aromatic rings. The largest absolute Gasteiger partial charge is 0.481 e. The number of rotatable bonds is 3. The lowest BCUT2D eigenvalue weighted by atomic mass is 10.1. The van der Waals surface area contributed by atoms with Crippen LogP contribution in [0.5, 0.6) is 5.88 Å². The number of methoxy groups -OCH3 is 1. The second-order valence-electron chi connectivity index (χ2n) is 6.58. The molecule has 25 heavy (non-hydrogen) atoms. The highest BCUT2D eigenvalue weighted by Gasteiger charge is 2.29. The van der Waals surface area contributed by atoms with E-state index in [9.17, 15) is 4.79 Å². The zero-order valence-electron chi connectivity index (χ0n) is 14.5. The van der Waals surface area contributed by atoms with Crippen molar-refractivity contribution in [3.8, 4) is 5.88 Å². The van der Waals surface area contributed by atoms with Crippen LogP contribution < -0.4 is 4.74 Å². The maximum Gasteiger partial charge on any atom is 0.272 e. The van der Waals surface area contributed by atoms with Crippen molar-refractivity contribution in [2.75, 3.05) is 46.5 Å². The van der Waals surface area contributed by atoms with Crippen LogP contribution in [0.1, 0.15) is 16.9 Å². The third-order valence-electron chi connectivity index (χ3n) is 5.14. The molecule has 1 amide bonds. The number of ether oxygens (including phenoxy) is 2. The van der Waals surface area contributed by atoms with Crippen molar-refractivity contribution in [2.45, 2.75) is 12.5 Å². The molecule has 2 saturated heterocycles. The molecule has 3 heterocycles. The molecule has 0 saturated carbocycles. The molecule has 1 atom stereocenters. The zero-order chi connectivity index (χ0) is 17.2. The Morgan fingerprint density at radius 1 is 1.24 bits per heavy atom. The van der Waals surface area contributed by atoms with Crippen molar-refractivity contribution in [3.05, 3.63) is 36.0 Å². The van der Waals surface area contributed by atoms with E-state index in [1.165, 1.54) is 0 Å². The number of fused-ring (bicyclic) bond motifs is 1. The van der Waals surface area contributed by atoms with Gasteiger partial charge in [0.05, 0.1) is 13.7 Å². The molecular formula is C19H23N3O3. The molecule has 1 unspecified atom stereocenters. The predicted octanol–water partition coefficient (Wildman–Crippen LogP) is 1.79. The molecule has 0 aliphatic carbocycles. The van der Waals surface area contributed by atoms with E-state index >= 15 is 0 Å². The van der Waals surface area contributed by atoms with Crippen LogP contribution in [0.2, 0.25) is 0 Å². The molecule has 6 nitrogen and oxygen atoms in total. The van der Waals surface area contributed by atoms with E-state index in [2.05, 4.69) is 9.88 Å². The summed E-state index contributed by atoms with van der Waals surface area (Å²) in [6, 6.07) is 10.2. The van der Waals surface area contributed by atoms with Crippen LogP contribution in [-0.4, -0.2) is 73.2 Å². The Bertz CT molecular complexity index is 766. The topological polar surface area (TPSA) is 54.9 Å². The van der Waals surface area contributed by atoms with E-state index in [1.807, 2.05) is 35.2 Å². The van der Waals surface area contributed by atoms with Gasteiger partial charge in [0.15, 0.2) is 0 Å². The van der Waals surface area contributed by atoms with Crippen molar-refractivity contribution in [2.24, 2.45) is 0 Å². The maximum atomic E-state index is 12.9. The summed E-state index contributed by atoms with van der Waals surface area (Å²) in [7, 11) is 1.59. The molecular weight excluding hydrogens is 318 g/mol. The van der Waals surface area contributed by atoms with Gasteiger partial charge >= 0.3 is 0 Å². The summed E-state index contributed by atoms with van der Waals surface area (Å²) in [6.07, 6.45) is 1.09. The Labute approximate surface area is 147 Å². The van der Waals surface area contributed by atoms with Crippen LogP contribution in [0.25, 0.3) is 10.8 Å². The molecule has 6 heteroatoms. The minimum atomic E-state index is -0.0219. The lowest BCUT2D eigenvalue weighted by Crippen LogP contribution is -2.52. The van der Waals surface area contributed by atoms with Gasteiger partial charge in [0, 0.05) is 44.2 Å². The van der Waals surface area contributed by atoms with Gasteiger partial charge in [-0.1, -0.05) is 18.2 Å². The first-order valence-electron chi connectivity index (χ1n) is 8.81. The molecule has 0 N–H and O–H groups in total. The number of aromatic nitrogens is 1. The standard InChI is InChI=1S/C19H23N3O3/c1-24-18-16-5-3-2-4-14(16)12-17(20-18)19(23)22-9-7-21(8-10-22)15-6-11-25-13-15/h2-5,12,15H,6-11,13H2,1H3. The maximum absolute atomic E-state index is 12.9. The third-order valence-corrected chi connectivity index (χ3v) is 5.14. The van der Waals surface area contributed by atoms with Crippen molar-refractivity contribution >= 4 is 16.7 Å². The van der Waals surface area contributed by atoms with E-state index in [0.29, 0.717) is 17.6 Å². The van der Waals surface area contributed by atoms with Gasteiger partial charge in [-0.2, -0.15) is 0 Å². The first kappa shape index (κ1) is 16.3. The number of piperazine rings is 1. The normalized spacial score (nSPS) is 21.6. The van der Waals surface area contributed by atoms with E-state index in [-0.39, 0.29) is 5.91 Å². The SMILES string of the molecule is COc1nc(C(=O)N2CCN(C3CCOC3)CC2)cc2ccccc12. The fraction of sp³-hybridized carbons (Fsp3) is 0.474. The fourth-order valence-corrected chi connectivity index (χ4v) is 3.69. The highest BCUT2D eigenvalue weighted by molar-refractivity contribution is 5.98. The molecule has 0 bridgehead atoms. The van der Waals surface area contributed by atoms with Gasteiger partial charge in [-0.15, -0.1) is 0 Å². The molecule has 1 aromatic carbocycles. The van der Waals surface area contributed by atoms with E-state index in [0.717, 1.165) is 56.6 Å². The van der Waals surface area contributed by atoms with Gasteiger partial charge in [0.1, 0.15) is 5.69 Å². The second-order valence-corrected chi connectivity index (χ2v) is 6.58. The Morgan fingerprint density at radius 3 is 2.76 bits per heavy atom. The fourth-order valence-electron chi connectivity index (χ4n) is 3.69. The molecule has 2 aliphatic heterocycles. The van der Waals surface area contributed by atoms with Crippen LogP contribution >= 0.6 is 0 Å². The molecule has 2 fully saturated rings. The number of hydrogen-bond donors (Lipinski definition) is 0. The summed E-state index contributed by atoms with van der Waals surface area (Å²) in [4.78, 5) is 21.7. The van der Waals surface area contributed by atoms with Gasteiger partial charge in [0.25, 0.3) is 5.91 Å². The first-order chi connectivity index (χ1) is 12.3. The molecule has 0 spiro atoms. The smallest absolute Gasteiger partial charge is 0.272 e. The quantitative estimate of drug-likeness (QED) is 0.852. The van der Waals surface area contributed by atoms with Gasteiger partial charge < -0.3 is 14.4 Å². The Kier molecular flexibility index (Phi) is 4.55. The van der Waals surface area contributed by atoms with Crippen molar-refractivity contribution in [1.29, 1.82) is 0 Å². The highest BCUT2D eigenvalue weighted by atomic mass is 16.5. The van der Waals surface area contributed by atoms with Gasteiger partial charge in [-0.25, -0.2) is 4.98 Å². The van der Waals surface area contributed by atoms with Crippen LogP contribution in [0.15, 0.2) is 30.3 Å². The number of pyridine rings is 1. The average molecular weight is 341 g/mol. The summed E-state index contributed by atoms with van der Waals surface area (Å²) in [5.41, 5.74) is 0.452. The monoisotopic (exact) mass is 341 g/mol. The zero-order valence-corrected chi connectivity index (χ0v) is 14.5.